The molecule has 1 N–H and O–H groups in total. The van der Waals surface area contributed by atoms with E-state index in [1.807, 2.05) is 18.2 Å². The van der Waals surface area contributed by atoms with Gasteiger partial charge in [-0.1, -0.05) is 17.7 Å². The van der Waals surface area contributed by atoms with Crippen LogP contribution in [-0.2, 0) is 0 Å². The Labute approximate surface area is 132 Å². The first-order valence-electron chi connectivity index (χ1n) is 6.79. The Morgan fingerprint density at radius 3 is 2.75 bits per heavy atom. The maximum absolute atomic E-state index is 6.36. The van der Waals surface area contributed by atoms with Crippen LogP contribution in [0.5, 0.6) is 0 Å². The summed E-state index contributed by atoms with van der Waals surface area (Å²) in [6.45, 7) is 0.818. The van der Waals surface area contributed by atoms with E-state index < -0.39 is 4.33 Å². The van der Waals surface area contributed by atoms with Crippen molar-refractivity contribution in [2.24, 2.45) is 0 Å². The van der Waals surface area contributed by atoms with E-state index in [2.05, 4.69) is 15.1 Å². The van der Waals surface area contributed by atoms with Crippen LogP contribution in [0.4, 0.5) is 5.82 Å². The van der Waals surface area contributed by atoms with Gasteiger partial charge >= 0.3 is 0 Å². The second-order valence-electron chi connectivity index (χ2n) is 5.87. The summed E-state index contributed by atoms with van der Waals surface area (Å²) in [6, 6.07) is 5.83. The van der Waals surface area contributed by atoms with Gasteiger partial charge in [-0.25, -0.2) is 0 Å². The van der Waals surface area contributed by atoms with Crippen molar-refractivity contribution in [1.29, 1.82) is 0 Å². The van der Waals surface area contributed by atoms with E-state index in [1.54, 1.807) is 0 Å². The normalized spacial score (nSPS) is 23.4. The third-order valence-electron chi connectivity index (χ3n) is 4.46. The molecule has 1 aliphatic carbocycles. The van der Waals surface area contributed by atoms with Crippen LogP contribution in [0.2, 0.25) is 5.02 Å². The van der Waals surface area contributed by atoms with Gasteiger partial charge in [0, 0.05) is 18.5 Å². The molecular weight excluding hydrogens is 317 g/mol. The van der Waals surface area contributed by atoms with E-state index in [0.717, 1.165) is 54.0 Å². The summed E-state index contributed by atoms with van der Waals surface area (Å²) in [5.74, 6) is 0.937. The molecule has 1 spiro atoms. The lowest BCUT2D eigenvalue weighted by molar-refractivity contribution is 0.423. The van der Waals surface area contributed by atoms with Gasteiger partial charge in [-0.3, -0.25) is 5.10 Å². The molecule has 1 aliphatic heterocycles. The molecule has 0 atom stereocenters. The summed E-state index contributed by atoms with van der Waals surface area (Å²) < 4.78 is -0.608. The third-order valence-corrected chi connectivity index (χ3v) is 5.42. The molecule has 20 heavy (non-hydrogen) atoms. The molecule has 2 aromatic rings. The Hall–Kier alpha value is -0.640. The Balaban J connectivity index is 1.80. The summed E-state index contributed by atoms with van der Waals surface area (Å²) in [4.78, 5) is 2.35. The van der Waals surface area contributed by atoms with E-state index in [1.165, 1.54) is 0 Å². The molecule has 0 unspecified atom stereocenters. The predicted octanol–water partition coefficient (Wildman–Crippen LogP) is 4.52. The first-order chi connectivity index (χ1) is 9.51. The molecule has 1 aromatic heterocycles. The van der Waals surface area contributed by atoms with Gasteiger partial charge < -0.3 is 4.90 Å². The van der Waals surface area contributed by atoms with Gasteiger partial charge in [0.1, 0.15) is 4.33 Å². The van der Waals surface area contributed by atoms with E-state index in [0.29, 0.717) is 0 Å². The van der Waals surface area contributed by atoms with Crippen LogP contribution in [0.25, 0.3) is 10.9 Å². The van der Waals surface area contributed by atoms with E-state index >= 15 is 0 Å². The minimum atomic E-state index is -0.608. The molecule has 3 nitrogen and oxygen atoms in total. The van der Waals surface area contributed by atoms with Crippen molar-refractivity contribution in [2.45, 2.75) is 35.6 Å². The number of fused-ring (bicyclic) bond motifs is 1. The number of anilines is 1. The van der Waals surface area contributed by atoms with Crippen molar-refractivity contribution in [2.75, 3.05) is 11.4 Å². The zero-order chi connectivity index (χ0) is 14.0. The average Bonchev–Trinajstić information content (AvgIpc) is 2.98. The highest BCUT2D eigenvalue weighted by atomic mass is 35.5. The third kappa shape index (κ3) is 1.91. The van der Waals surface area contributed by atoms with Gasteiger partial charge in [-0.15, -0.1) is 23.2 Å². The van der Waals surface area contributed by atoms with Gasteiger partial charge in [0.25, 0.3) is 0 Å². The topological polar surface area (TPSA) is 31.9 Å². The average molecular weight is 331 g/mol. The Bertz CT molecular complexity index is 675. The quantitative estimate of drug-likeness (QED) is 0.779. The van der Waals surface area contributed by atoms with Crippen molar-refractivity contribution in [3.05, 3.63) is 23.2 Å². The molecule has 1 saturated carbocycles. The molecule has 0 amide bonds. The van der Waals surface area contributed by atoms with E-state index in [9.17, 15) is 0 Å². The molecule has 6 heteroatoms. The molecule has 2 fully saturated rings. The van der Waals surface area contributed by atoms with Crippen molar-refractivity contribution >= 4 is 51.5 Å². The summed E-state index contributed by atoms with van der Waals surface area (Å²) >= 11 is 19.1. The molecule has 2 aliphatic rings. The van der Waals surface area contributed by atoms with E-state index in [-0.39, 0.29) is 5.54 Å². The summed E-state index contributed by atoms with van der Waals surface area (Å²) in [7, 11) is 0. The van der Waals surface area contributed by atoms with Gasteiger partial charge in [0.05, 0.1) is 15.9 Å². The largest absolute Gasteiger partial charge is 0.349 e. The fourth-order valence-electron chi connectivity index (χ4n) is 3.31. The summed E-state index contributed by atoms with van der Waals surface area (Å²) in [5, 5.41) is 9.29. The SMILES string of the molecule is Clc1cccc2[nH]nc(N3CCC(Cl)(Cl)CC34CC4)c12. The van der Waals surface area contributed by atoms with Crippen molar-refractivity contribution in [3.8, 4) is 0 Å². The second kappa shape index (κ2) is 4.19. The number of hydrogen-bond donors (Lipinski definition) is 1. The summed E-state index contributed by atoms with van der Waals surface area (Å²) in [5.41, 5.74) is 1.04. The molecule has 2 heterocycles. The number of alkyl halides is 2. The molecule has 1 saturated heterocycles. The van der Waals surface area contributed by atoms with E-state index in [4.69, 9.17) is 34.8 Å². The summed E-state index contributed by atoms with van der Waals surface area (Å²) in [6.07, 6.45) is 3.78. The highest BCUT2D eigenvalue weighted by molar-refractivity contribution is 6.48. The fraction of sp³-hybridized carbons (Fsp3) is 0.500. The van der Waals surface area contributed by atoms with Crippen LogP contribution in [0, 0.1) is 0 Å². The number of nitrogens with one attached hydrogen (secondary N) is 1. The molecule has 1 aromatic carbocycles. The lowest BCUT2D eigenvalue weighted by Gasteiger charge is -2.42. The predicted molar refractivity (Wildman–Crippen MR) is 84.1 cm³/mol. The van der Waals surface area contributed by atoms with Gasteiger partial charge in [0.2, 0.25) is 0 Å². The number of halogens is 3. The zero-order valence-corrected chi connectivity index (χ0v) is 13.1. The van der Waals surface area contributed by atoms with Gasteiger partial charge in [-0.05, 0) is 31.4 Å². The van der Waals surface area contributed by atoms with Crippen LogP contribution in [-0.4, -0.2) is 26.6 Å². The first-order valence-corrected chi connectivity index (χ1v) is 7.92. The first kappa shape index (κ1) is 13.1. The lowest BCUT2D eigenvalue weighted by Crippen LogP contribution is -2.48. The molecule has 4 rings (SSSR count). The molecule has 0 bridgehead atoms. The maximum atomic E-state index is 6.36. The molecular formula is C14H14Cl3N3. The maximum Gasteiger partial charge on any atom is 0.160 e. The zero-order valence-electron chi connectivity index (χ0n) is 10.8. The smallest absolute Gasteiger partial charge is 0.160 e. The Kier molecular flexibility index (Phi) is 2.73. The van der Waals surface area contributed by atoms with Crippen LogP contribution in [0.15, 0.2) is 18.2 Å². The van der Waals surface area contributed by atoms with Crippen LogP contribution >= 0.6 is 34.8 Å². The van der Waals surface area contributed by atoms with Gasteiger partial charge in [-0.2, -0.15) is 5.10 Å². The monoisotopic (exact) mass is 329 g/mol. The lowest BCUT2D eigenvalue weighted by atomic mass is 9.98. The molecule has 0 radical (unpaired) electrons. The van der Waals surface area contributed by atoms with Crippen LogP contribution in [0.1, 0.15) is 25.7 Å². The van der Waals surface area contributed by atoms with Crippen molar-refractivity contribution in [1.82, 2.24) is 10.2 Å². The number of H-pyrrole nitrogens is 1. The minimum Gasteiger partial charge on any atom is -0.349 e. The number of rotatable bonds is 1. The number of hydrogen-bond acceptors (Lipinski definition) is 2. The standard InChI is InChI=1S/C14H14Cl3N3/c15-9-2-1-3-10-11(9)12(19-18-10)20-7-6-14(16,17)8-13(20)4-5-13/h1-3H,4-8H2,(H,18,19). The fourth-order valence-corrected chi connectivity index (χ4v) is 4.23. The number of piperidine rings is 1. The number of benzene rings is 1. The minimum absolute atomic E-state index is 0.0725. The number of aromatic amines is 1. The van der Waals surface area contributed by atoms with Gasteiger partial charge in [0.15, 0.2) is 5.82 Å². The second-order valence-corrected chi connectivity index (χ2v) is 7.92. The Morgan fingerprint density at radius 1 is 1.20 bits per heavy atom. The molecule has 106 valence electrons. The highest BCUT2D eigenvalue weighted by Crippen LogP contribution is 2.56. The number of nitrogens with zero attached hydrogens (tertiary/aromatic N) is 2. The highest BCUT2D eigenvalue weighted by Gasteiger charge is 2.56. The van der Waals surface area contributed by atoms with Crippen molar-refractivity contribution in [3.63, 3.8) is 0 Å². The van der Waals surface area contributed by atoms with Crippen molar-refractivity contribution < 1.29 is 0 Å². The Morgan fingerprint density at radius 2 is 2.00 bits per heavy atom. The van der Waals surface area contributed by atoms with Crippen LogP contribution in [0.3, 0.4) is 0 Å². The van der Waals surface area contributed by atoms with Crippen LogP contribution < -0.4 is 4.90 Å². The number of aromatic nitrogens is 2.